The summed E-state index contributed by atoms with van der Waals surface area (Å²) < 4.78 is 5.41. The first-order valence-corrected chi connectivity index (χ1v) is 7.90. The number of likely N-dealkylation sites (N-methyl/N-ethyl adjacent to an activating group) is 1. The van der Waals surface area contributed by atoms with Crippen LogP contribution >= 0.6 is 0 Å². The van der Waals surface area contributed by atoms with Gasteiger partial charge < -0.3 is 19.5 Å². The van der Waals surface area contributed by atoms with E-state index in [1.807, 2.05) is 12.1 Å². The molecule has 1 atom stereocenters. The number of likely N-dealkylation sites (tertiary alicyclic amines) is 1. The van der Waals surface area contributed by atoms with Crippen molar-refractivity contribution >= 4 is 0 Å². The fourth-order valence-corrected chi connectivity index (χ4v) is 2.95. The third kappa shape index (κ3) is 4.33. The van der Waals surface area contributed by atoms with Crippen LogP contribution in [0.2, 0.25) is 0 Å². The Morgan fingerprint density at radius 3 is 2.80 bits per heavy atom. The summed E-state index contributed by atoms with van der Waals surface area (Å²) >= 11 is 0. The van der Waals surface area contributed by atoms with E-state index in [9.17, 15) is 0 Å². The van der Waals surface area contributed by atoms with Crippen molar-refractivity contribution in [2.45, 2.75) is 38.8 Å². The normalized spacial score (nSPS) is 19.6. The van der Waals surface area contributed by atoms with Crippen LogP contribution in [0.5, 0.6) is 0 Å². The van der Waals surface area contributed by atoms with E-state index < -0.39 is 0 Å². The highest BCUT2D eigenvalue weighted by Crippen LogP contribution is 2.15. The molecule has 0 bridgehead atoms. The lowest BCUT2D eigenvalue weighted by atomic mass is 10.0. The largest absolute Gasteiger partial charge is 0.468 e. The van der Waals surface area contributed by atoms with Gasteiger partial charge in [-0.3, -0.25) is 0 Å². The Hall–Kier alpha value is -0.840. The van der Waals surface area contributed by atoms with Crippen molar-refractivity contribution in [2.75, 3.05) is 39.8 Å². The molecule has 0 saturated carbocycles. The smallest absolute Gasteiger partial charge is 0.120 e. The van der Waals surface area contributed by atoms with Crippen molar-refractivity contribution in [1.82, 2.24) is 15.1 Å². The molecular formula is C16H29N3O. The predicted octanol–water partition coefficient (Wildman–Crippen LogP) is 2.35. The lowest BCUT2D eigenvalue weighted by Crippen LogP contribution is -2.45. The molecular weight excluding hydrogens is 250 g/mol. The molecule has 1 N–H and O–H groups in total. The van der Waals surface area contributed by atoms with E-state index in [0.29, 0.717) is 6.04 Å². The molecule has 1 aromatic heterocycles. The van der Waals surface area contributed by atoms with Gasteiger partial charge in [0, 0.05) is 19.1 Å². The minimum atomic E-state index is 0.292. The first-order chi connectivity index (χ1) is 9.70. The molecule has 0 radical (unpaired) electrons. The molecule has 1 aromatic rings. The number of rotatable bonds is 7. The van der Waals surface area contributed by atoms with Crippen LogP contribution in [-0.2, 0) is 0 Å². The lowest BCUT2D eigenvalue weighted by Gasteiger charge is -2.36. The Balaban J connectivity index is 1.64. The fraction of sp³-hybridized carbons (Fsp3) is 0.750. The number of hydrogen-bond donors (Lipinski definition) is 1. The van der Waals surface area contributed by atoms with Gasteiger partial charge >= 0.3 is 0 Å². The van der Waals surface area contributed by atoms with Crippen LogP contribution in [-0.4, -0.2) is 55.6 Å². The molecule has 20 heavy (non-hydrogen) atoms. The molecule has 4 heteroatoms. The van der Waals surface area contributed by atoms with Crippen LogP contribution in [0.3, 0.4) is 0 Å². The number of nitrogens with one attached hydrogen (secondary N) is 1. The molecule has 4 nitrogen and oxygen atoms in total. The summed E-state index contributed by atoms with van der Waals surface area (Å²) in [5.74, 6) is 1.02. The van der Waals surface area contributed by atoms with Crippen LogP contribution in [0.25, 0.3) is 0 Å². The Bertz CT molecular complexity index is 358. The quantitative estimate of drug-likeness (QED) is 0.830. The molecule has 1 aliphatic rings. The van der Waals surface area contributed by atoms with Gasteiger partial charge in [0.1, 0.15) is 5.76 Å². The van der Waals surface area contributed by atoms with E-state index in [-0.39, 0.29) is 0 Å². The number of nitrogens with zero attached hydrogens (tertiary/aromatic N) is 2. The van der Waals surface area contributed by atoms with E-state index in [0.717, 1.165) is 24.9 Å². The molecule has 0 spiro atoms. The van der Waals surface area contributed by atoms with Crippen molar-refractivity contribution < 1.29 is 4.42 Å². The van der Waals surface area contributed by atoms with E-state index in [2.05, 4.69) is 36.0 Å². The van der Waals surface area contributed by atoms with Crippen molar-refractivity contribution in [3.05, 3.63) is 24.2 Å². The molecule has 1 unspecified atom stereocenters. The predicted molar refractivity (Wildman–Crippen MR) is 82.9 cm³/mol. The van der Waals surface area contributed by atoms with Gasteiger partial charge in [-0.15, -0.1) is 0 Å². The summed E-state index contributed by atoms with van der Waals surface area (Å²) in [4.78, 5) is 5.05. The van der Waals surface area contributed by atoms with Crippen LogP contribution < -0.4 is 5.32 Å². The van der Waals surface area contributed by atoms with Gasteiger partial charge in [-0.25, -0.2) is 0 Å². The van der Waals surface area contributed by atoms with Crippen LogP contribution in [0.1, 0.15) is 38.5 Å². The first kappa shape index (κ1) is 15.5. The second kappa shape index (κ2) is 7.81. The summed E-state index contributed by atoms with van der Waals surface area (Å²) in [7, 11) is 2.26. The van der Waals surface area contributed by atoms with Crippen molar-refractivity contribution in [3.63, 3.8) is 0 Å². The monoisotopic (exact) mass is 279 g/mol. The summed E-state index contributed by atoms with van der Waals surface area (Å²) in [6.07, 6.45) is 4.34. The molecule has 0 aromatic carbocycles. The van der Waals surface area contributed by atoms with Crippen LogP contribution in [0, 0.1) is 0 Å². The first-order valence-electron chi connectivity index (χ1n) is 7.90. The standard InChI is InChI=1S/C16H29N3O/c1-4-19-10-7-15(8-11-19)18(3)12-9-17-14(2)16-6-5-13-20-16/h5-6,13-15,17H,4,7-12H2,1-3H3. The molecule has 114 valence electrons. The van der Waals surface area contributed by atoms with Gasteiger partial charge in [-0.2, -0.15) is 0 Å². The van der Waals surface area contributed by atoms with Gasteiger partial charge in [-0.1, -0.05) is 6.92 Å². The third-order valence-corrected chi connectivity index (χ3v) is 4.51. The Labute approximate surface area is 123 Å². The molecule has 1 fully saturated rings. The van der Waals surface area contributed by atoms with Gasteiger partial charge in [0.2, 0.25) is 0 Å². The van der Waals surface area contributed by atoms with Gasteiger partial charge in [0.15, 0.2) is 0 Å². The molecule has 1 saturated heterocycles. The summed E-state index contributed by atoms with van der Waals surface area (Å²) in [6, 6.07) is 5.02. The maximum absolute atomic E-state index is 5.41. The average molecular weight is 279 g/mol. The van der Waals surface area contributed by atoms with E-state index >= 15 is 0 Å². The zero-order valence-electron chi connectivity index (χ0n) is 13.1. The maximum atomic E-state index is 5.41. The highest BCUT2D eigenvalue weighted by Gasteiger charge is 2.21. The zero-order valence-corrected chi connectivity index (χ0v) is 13.1. The third-order valence-electron chi connectivity index (χ3n) is 4.51. The fourth-order valence-electron chi connectivity index (χ4n) is 2.95. The molecule has 2 rings (SSSR count). The molecule has 0 aliphatic carbocycles. The summed E-state index contributed by atoms with van der Waals surface area (Å²) in [5, 5.41) is 3.53. The highest BCUT2D eigenvalue weighted by atomic mass is 16.3. The van der Waals surface area contributed by atoms with Crippen molar-refractivity contribution in [3.8, 4) is 0 Å². The minimum Gasteiger partial charge on any atom is -0.468 e. The second-order valence-corrected chi connectivity index (χ2v) is 5.84. The second-order valence-electron chi connectivity index (χ2n) is 5.84. The lowest BCUT2D eigenvalue weighted by molar-refractivity contribution is 0.131. The van der Waals surface area contributed by atoms with Gasteiger partial charge in [0.25, 0.3) is 0 Å². The number of furan rings is 1. The molecule has 1 aliphatic heterocycles. The molecule has 0 amide bonds. The van der Waals surface area contributed by atoms with Crippen molar-refractivity contribution in [1.29, 1.82) is 0 Å². The SMILES string of the molecule is CCN1CCC(N(C)CCNC(C)c2ccco2)CC1. The Morgan fingerprint density at radius 1 is 1.45 bits per heavy atom. The maximum Gasteiger partial charge on any atom is 0.120 e. The average Bonchev–Trinajstić information content (AvgIpc) is 3.01. The Morgan fingerprint density at radius 2 is 2.20 bits per heavy atom. The highest BCUT2D eigenvalue weighted by molar-refractivity contribution is 5.02. The zero-order chi connectivity index (χ0) is 14.4. The topological polar surface area (TPSA) is 31.6 Å². The summed E-state index contributed by atoms with van der Waals surface area (Å²) in [5.41, 5.74) is 0. The minimum absolute atomic E-state index is 0.292. The van der Waals surface area contributed by atoms with Crippen molar-refractivity contribution in [2.24, 2.45) is 0 Å². The van der Waals surface area contributed by atoms with E-state index in [1.165, 1.54) is 32.5 Å². The van der Waals surface area contributed by atoms with E-state index in [4.69, 9.17) is 4.42 Å². The Kier molecular flexibility index (Phi) is 6.07. The number of hydrogen-bond acceptors (Lipinski definition) is 4. The van der Waals surface area contributed by atoms with Gasteiger partial charge in [0.05, 0.1) is 12.3 Å². The van der Waals surface area contributed by atoms with Gasteiger partial charge in [-0.05, 0) is 58.6 Å². The number of piperidine rings is 1. The van der Waals surface area contributed by atoms with Crippen LogP contribution in [0.4, 0.5) is 0 Å². The van der Waals surface area contributed by atoms with E-state index in [1.54, 1.807) is 6.26 Å². The molecule has 2 heterocycles. The summed E-state index contributed by atoms with van der Waals surface area (Å²) in [6.45, 7) is 10.2. The van der Waals surface area contributed by atoms with Crippen LogP contribution in [0.15, 0.2) is 22.8 Å².